The average Bonchev–Trinajstić information content (AvgIpc) is 2.54. The van der Waals surface area contributed by atoms with Crippen LogP contribution < -0.4 is 5.32 Å². The van der Waals surface area contributed by atoms with E-state index in [0.29, 0.717) is 5.92 Å². The van der Waals surface area contributed by atoms with Crippen LogP contribution in [0.4, 0.5) is 5.69 Å². The van der Waals surface area contributed by atoms with Crippen molar-refractivity contribution in [2.24, 2.45) is 5.92 Å². The Morgan fingerprint density at radius 1 is 1.33 bits per heavy atom. The third kappa shape index (κ3) is 1.74. The molecule has 0 radical (unpaired) electrons. The Labute approximate surface area is 95.8 Å². The fourth-order valence-corrected chi connectivity index (χ4v) is 2.90. The van der Waals surface area contributed by atoms with E-state index in [9.17, 15) is 0 Å². The topological polar surface area (TPSA) is 12.0 Å². The minimum Gasteiger partial charge on any atom is -0.384 e. The molecule has 1 unspecified atom stereocenters. The van der Waals surface area contributed by atoms with Crippen molar-refractivity contribution in [1.29, 1.82) is 0 Å². The van der Waals surface area contributed by atoms with Gasteiger partial charge in [0, 0.05) is 23.2 Å². The molecule has 1 saturated carbocycles. The molecule has 1 aromatic rings. The lowest BCUT2D eigenvalue weighted by molar-refractivity contribution is 0.280. The predicted molar refractivity (Wildman–Crippen MR) is 64.6 cm³/mol. The molecule has 80 valence electrons. The molecule has 3 rings (SSSR count). The van der Waals surface area contributed by atoms with E-state index in [2.05, 4.69) is 17.4 Å². The number of anilines is 1. The Balaban J connectivity index is 1.80. The van der Waals surface area contributed by atoms with Crippen LogP contribution in [0.5, 0.6) is 0 Å². The number of nitrogens with one attached hydrogen (secondary N) is 1. The molecule has 0 saturated heterocycles. The molecule has 0 spiro atoms. The molecule has 1 aromatic carbocycles. The quantitative estimate of drug-likeness (QED) is 0.795. The summed E-state index contributed by atoms with van der Waals surface area (Å²) in [5.41, 5.74) is 2.73. The van der Waals surface area contributed by atoms with Gasteiger partial charge in [-0.25, -0.2) is 0 Å². The van der Waals surface area contributed by atoms with Crippen molar-refractivity contribution in [3.63, 3.8) is 0 Å². The van der Waals surface area contributed by atoms with Gasteiger partial charge in [0.05, 0.1) is 0 Å². The minimum absolute atomic E-state index is 0.698. The summed E-state index contributed by atoms with van der Waals surface area (Å²) in [5.74, 6) is 1.67. The zero-order valence-corrected chi connectivity index (χ0v) is 9.56. The van der Waals surface area contributed by atoms with E-state index in [1.54, 1.807) is 0 Å². The number of fused-ring (bicyclic) bond motifs is 1. The second-order valence-electron chi connectivity index (χ2n) is 4.84. The first-order chi connectivity index (χ1) is 7.33. The van der Waals surface area contributed by atoms with Crippen LogP contribution in [0.25, 0.3) is 0 Å². The van der Waals surface area contributed by atoms with Crippen LogP contribution >= 0.6 is 11.6 Å². The maximum absolute atomic E-state index is 6.05. The molecule has 0 amide bonds. The van der Waals surface area contributed by atoms with Gasteiger partial charge in [-0.1, -0.05) is 30.9 Å². The second kappa shape index (κ2) is 3.71. The molecule has 1 N–H and O–H groups in total. The maximum atomic E-state index is 6.05. The SMILES string of the molecule is Clc1ccc2c(c1)C(CC1CCC1)CN2. The van der Waals surface area contributed by atoms with Crippen molar-refractivity contribution in [3.05, 3.63) is 28.8 Å². The molecule has 2 aliphatic rings. The Morgan fingerprint density at radius 2 is 2.20 bits per heavy atom. The third-order valence-corrected chi connectivity index (χ3v) is 4.07. The number of hydrogen-bond acceptors (Lipinski definition) is 1. The summed E-state index contributed by atoms with van der Waals surface area (Å²) < 4.78 is 0. The summed E-state index contributed by atoms with van der Waals surface area (Å²) in [6.45, 7) is 1.10. The monoisotopic (exact) mass is 221 g/mol. The lowest BCUT2D eigenvalue weighted by Gasteiger charge is -2.28. The van der Waals surface area contributed by atoms with Gasteiger partial charge >= 0.3 is 0 Å². The molecule has 2 heteroatoms. The molecule has 1 aliphatic carbocycles. The zero-order chi connectivity index (χ0) is 10.3. The van der Waals surface area contributed by atoms with Crippen molar-refractivity contribution in [2.75, 3.05) is 11.9 Å². The van der Waals surface area contributed by atoms with Crippen molar-refractivity contribution >= 4 is 17.3 Å². The largest absolute Gasteiger partial charge is 0.384 e. The molecule has 15 heavy (non-hydrogen) atoms. The van der Waals surface area contributed by atoms with Crippen LogP contribution in [0.2, 0.25) is 5.02 Å². The highest BCUT2D eigenvalue weighted by Gasteiger charge is 2.27. The molecule has 1 heterocycles. The van der Waals surface area contributed by atoms with Crippen molar-refractivity contribution in [1.82, 2.24) is 0 Å². The normalized spacial score (nSPS) is 24.5. The Morgan fingerprint density at radius 3 is 2.93 bits per heavy atom. The molecule has 1 aliphatic heterocycles. The molecule has 1 atom stereocenters. The van der Waals surface area contributed by atoms with Crippen LogP contribution in [0.3, 0.4) is 0 Å². The third-order valence-electron chi connectivity index (χ3n) is 3.83. The van der Waals surface area contributed by atoms with Crippen molar-refractivity contribution in [2.45, 2.75) is 31.6 Å². The summed E-state index contributed by atoms with van der Waals surface area (Å²) in [5, 5.41) is 4.34. The Kier molecular flexibility index (Phi) is 2.36. The molecular weight excluding hydrogens is 206 g/mol. The van der Waals surface area contributed by atoms with Crippen molar-refractivity contribution < 1.29 is 0 Å². The molecular formula is C13H16ClN. The summed E-state index contributed by atoms with van der Waals surface area (Å²) in [7, 11) is 0. The Bertz CT molecular complexity index is 371. The van der Waals surface area contributed by atoms with Crippen LogP contribution in [-0.2, 0) is 0 Å². The fraction of sp³-hybridized carbons (Fsp3) is 0.538. The summed E-state index contributed by atoms with van der Waals surface area (Å²) in [6.07, 6.45) is 5.66. The van der Waals surface area contributed by atoms with E-state index in [4.69, 9.17) is 11.6 Å². The highest BCUT2D eigenvalue weighted by molar-refractivity contribution is 6.30. The van der Waals surface area contributed by atoms with Crippen molar-refractivity contribution in [3.8, 4) is 0 Å². The van der Waals surface area contributed by atoms with Crippen LogP contribution in [-0.4, -0.2) is 6.54 Å². The lowest BCUT2D eigenvalue weighted by Crippen LogP contribution is -2.16. The van der Waals surface area contributed by atoms with E-state index in [1.807, 2.05) is 6.07 Å². The molecule has 1 fully saturated rings. The van der Waals surface area contributed by atoms with Gasteiger partial charge in [-0.3, -0.25) is 0 Å². The highest BCUT2D eigenvalue weighted by atomic mass is 35.5. The van der Waals surface area contributed by atoms with Crippen LogP contribution in [0, 0.1) is 5.92 Å². The summed E-state index contributed by atoms with van der Waals surface area (Å²) >= 11 is 6.05. The van der Waals surface area contributed by atoms with Gasteiger partial charge in [0.2, 0.25) is 0 Å². The van der Waals surface area contributed by atoms with E-state index in [-0.39, 0.29) is 0 Å². The van der Waals surface area contributed by atoms with E-state index >= 15 is 0 Å². The van der Waals surface area contributed by atoms with Gasteiger partial charge in [-0.2, -0.15) is 0 Å². The first-order valence-electron chi connectivity index (χ1n) is 5.86. The Hall–Kier alpha value is -0.690. The minimum atomic E-state index is 0.698. The first-order valence-corrected chi connectivity index (χ1v) is 6.24. The highest BCUT2D eigenvalue weighted by Crippen LogP contribution is 2.41. The van der Waals surface area contributed by atoms with E-state index in [0.717, 1.165) is 17.5 Å². The van der Waals surface area contributed by atoms with Gasteiger partial charge in [-0.15, -0.1) is 0 Å². The average molecular weight is 222 g/mol. The van der Waals surface area contributed by atoms with Gasteiger partial charge in [-0.05, 0) is 36.1 Å². The first kappa shape index (κ1) is 9.53. The molecule has 1 nitrogen and oxygen atoms in total. The number of hydrogen-bond donors (Lipinski definition) is 1. The van der Waals surface area contributed by atoms with Gasteiger partial charge in [0.1, 0.15) is 0 Å². The zero-order valence-electron chi connectivity index (χ0n) is 8.80. The maximum Gasteiger partial charge on any atom is 0.0410 e. The summed E-state index contributed by atoms with van der Waals surface area (Å²) in [6, 6.07) is 6.22. The molecule has 0 aromatic heterocycles. The fourth-order valence-electron chi connectivity index (χ4n) is 2.72. The number of benzene rings is 1. The smallest absolute Gasteiger partial charge is 0.0410 e. The summed E-state index contributed by atoms with van der Waals surface area (Å²) in [4.78, 5) is 0. The lowest BCUT2D eigenvalue weighted by atomic mass is 9.78. The molecule has 0 bridgehead atoms. The number of halogens is 1. The van der Waals surface area contributed by atoms with Crippen LogP contribution in [0.15, 0.2) is 18.2 Å². The van der Waals surface area contributed by atoms with Crippen LogP contribution in [0.1, 0.15) is 37.2 Å². The van der Waals surface area contributed by atoms with Gasteiger partial charge in [0.15, 0.2) is 0 Å². The second-order valence-corrected chi connectivity index (χ2v) is 5.28. The number of rotatable bonds is 2. The van der Waals surface area contributed by atoms with Gasteiger partial charge < -0.3 is 5.32 Å². The van der Waals surface area contributed by atoms with Gasteiger partial charge in [0.25, 0.3) is 0 Å². The predicted octanol–water partition coefficient (Wildman–Crippen LogP) is 4.04. The standard InChI is InChI=1S/C13H16ClN/c14-11-4-5-13-12(7-11)10(8-15-13)6-9-2-1-3-9/h4-5,7,9-10,15H,1-3,6,8H2. The van der Waals surface area contributed by atoms with E-state index < -0.39 is 0 Å². The van der Waals surface area contributed by atoms with E-state index in [1.165, 1.54) is 36.9 Å².